The molecule has 3 rings (SSSR count). The number of amides is 2. The molecule has 6 nitrogen and oxygen atoms in total. The molecule has 2 N–H and O–H groups in total. The van der Waals surface area contributed by atoms with Crippen molar-refractivity contribution in [3.05, 3.63) is 29.8 Å². The molecule has 1 unspecified atom stereocenters. The predicted molar refractivity (Wildman–Crippen MR) is 79.5 cm³/mol. The van der Waals surface area contributed by atoms with Crippen LogP contribution in [0.5, 0.6) is 5.75 Å². The minimum atomic E-state index is -0.702. The second-order valence-electron chi connectivity index (χ2n) is 5.77. The van der Waals surface area contributed by atoms with Crippen molar-refractivity contribution in [1.82, 2.24) is 4.90 Å². The van der Waals surface area contributed by atoms with Gasteiger partial charge in [-0.15, -0.1) is 0 Å². The average molecular weight is 304 g/mol. The first-order valence-corrected chi connectivity index (χ1v) is 7.56. The van der Waals surface area contributed by atoms with E-state index in [9.17, 15) is 9.59 Å². The lowest BCUT2D eigenvalue weighted by molar-refractivity contribution is -0.127. The molecule has 1 heterocycles. The van der Waals surface area contributed by atoms with E-state index < -0.39 is 11.9 Å². The third-order valence-electron chi connectivity index (χ3n) is 4.00. The molecule has 6 heteroatoms. The fourth-order valence-corrected chi connectivity index (χ4v) is 2.44. The van der Waals surface area contributed by atoms with Gasteiger partial charge in [-0.05, 0) is 43.0 Å². The van der Waals surface area contributed by atoms with Gasteiger partial charge in [0.1, 0.15) is 11.8 Å². The van der Waals surface area contributed by atoms with Crippen molar-refractivity contribution in [3.63, 3.8) is 0 Å². The highest BCUT2D eigenvalue weighted by molar-refractivity contribution is 5.97. The molecule has 1 saturated heterocycles. The Morgan fingerprint density at radius 3 is 2.64 bits per heavy atom. The summed E-state index contributed by atoms with van der Waals surface area (Å²) >= 11 is 0. The van der Waals surface area contributed by atoms with Gasteiger partial charge in [-0.2, -0.15) is 0 Å². The van der Waals surface area contributed by atoms with Gasteiger partial charge in [0.2, 0.25) is 5.91 Å². The van der Waals surface area contributed by atoms with Crippen LogP contribution in [0.1, 0.15) is 23.2 Å². The fraction of sp³-hybridized carbons (Fsp3) is 0.500. The number of nitrogens with two attached hydrogens (primary N) is 1. The van der Waals surface area contributed by atoms with E-state index in [-0.39, 0.29) is 12.5 Å². The number of nitrogens with zero attached hydrogens (tertiary/aromatic N) is 1. The summed E-state index contributed by atoms with van der Waals surface area (Å²) in [6.45, 7) is 1.68. The lowest BCUT2D eigenvalue weighted by atomic mass is 10.1. The predicted octanol–water partition coefficient (Wildman–Crippen LogP) is 0.802. The van der Waals surface area contributed by atoms with Crippen LogP contribution in [-0.2, 0) is 9.53 Å². The van der Waals surface area contributed by atoms with Crippen LogP contribution in [0.25, 0.3) is 0 Å². The Bertz CT molecular complexity index is 554. The molecule has 1 aliphatic heterocycles. The lowest BCUT2D eigenvalue weighted by Gasteiger charge is -2.33. The maximum Gasteiger partial charge on any atom is 0.254 e. The number of primary amides is 1. The SMILES string of the molecule is NC(=O)C1COCCN1C(=O)c1ccc(OCC2CC2)cc1. The summed E-state index contributed by atoms with van der Waals surface area (Å²) in [7, 11) is 0. The number of carbonyl (C=O) groups excluding carboxylic acids is 2. The molecule has 2 amide bonds. The maximum absolute atomic E-state index is 12.5. The van der Waals surface area contributed by atoms with Gasteiger partial charge in [0.15, 0.2) is 0 Å². The molecular weight excluding hydrogens is 284 g/mol. The van der Waals surface area contributed by atoms with Gasteiger partial charge in [0.05, 0.1) is 19.8 Å². The normalized spacial score (nSPS) is 21.5. The molecule has 118 valence electrons. The molecule has 1 aromatic rings. The van der Waals surface area contributed by atoms with Crippen LogP contribution >= 0.6 is 0 Å². The zero-order valence-corrected chi connectivity index (χ0v) is 12.4. The molecule has 0 radical (unpaired) electrons. The Balaban J connectivity index is 1.66. The molecule has 0 spiro atoms. The highest BCUT2D eigenvalue weighted by atomic mass is 16.5. The summed E-state index contributed by atoms with van der Waals surface area (Å²) in [5, 5.41) is 0. The summed E-state index contributed by atoms with van der Waals surface area (Å²) in [4.78, 5) is 25.4. The van der Waals surface area contributed by atoms with E-state index in [0.717, 1.165) is 12.4 Å². The van der Waals surface area contributed by atoms with E-state index in [0.29, 0.717) is 24.6 Å². The minimum Gasteiger partial charge on any atom is -0.493 e. The van der Waals surface area contributed by atoms with Crippen molar-refractivity contribution >= 4 is 11.8 Å². The Morgan fingerprint density at radius 2 is 2.00 bits per heavy atom. The van der Waals surface area contributed by atoms with Crippen molar-refractivity contribution in [2.45, 2.75) is 18.9 Å². The summed E-state index contributed by atoms with van der Waals surface area (Å²) in [6.07, 6.45) is 2.48. The van der Waals surface area contributed by atoms with Gasteiger partial charge >= 0.3 is 0 Å². The zero-order valence-electron chi connectivity index (χ0n) is 12.4. The van der Waals surface area contributed by atoms with Gasteiger partial charge in [-0.25, -0.2) is 0 Å². The van der Waals surface area contributed by atoms with Crippen LogP contribution in [0.4, 0.5) is 0 Å². The van der Waals surface area contributed by atoms with Crippen LogP contribution in [0.2, 0.25) is 0 Å². The highest BCUT2D eigenvalue weighted by Crippen LogP contribution is 2.29. The van der Waals surface area contributed by atoms with E-state index in [4.69, 9.17) is 15.2 Å². The van der Waals surface area contributed by atoms with Gasteiger partial charge in [0.25, 0.3) is 5.91 Å². The summed E-state index contributed by atoms with van der Waals surface area (Å²) in [5.74, 6) is 0.696. The van der Waals surface area contributed by atoms with Gasteiger partial charge in [-0.1, -0.05) is 0 Å². The number of carbonyl (C=O) groups is 2. The van der Waals surface area contributed by atoms with Crippen molar-refractivity contribution in [1.29, 1.82) is 0 Å². The Kier molecular flexibility index (Phi) is 4.29. The third kappa shape index (κ3) is 3.39. The van der Waals surface area contributed by atoms with E-state index in [1.807, 2.05) is 0 Å². The topological polar surface area (TPSA) is 81.9 Å². The van der Waals surface area contributed by atoms with E-state index in [1.54, 1.807) is 24.3 Å². The van der Waals surface area contributed by atoms with Crippen molar-refractivity contribution in [3.8, 4) is 5.75 Å². The van der Waals surface area contributed by atoms with Crippen LogP contribution in [0.15, 0.2) is 24.3 Å². The number of hydrogen-bond donors (Lipinski definition) is 1. The molecule has 22 heavy (non-hydrogen) atoms. The monoisotopic (exact) mass is 304 g/mol. The molecule has 2 aliphatic rings. The van der Waals surface area contributed by atoms with Crippen LogP contribution in [-0.4, -0.2) is 49.1 Å². The number of hydrogen-bond acceptors (Lipinski definition) is 4. The molecule has 1 aromatic carbocycles. The van der Waals surface area contributed by atoms with Crippen molar-refractivity contribution in [2.75, 3.05) is 26.4 Å². The van der Waals surface area contributed by atoms with Crippen LogP contribution in [0.3, 0.4) is 0 Å². The maximum atomic E-state index is 12.5. The first-order valence-electron chi connectivity index (χ1n) is 7.56. The number of benzene rings is 1. The number of morpholine rings is 1. The van der Waals surface area contributed by atoms with Gasteiger partial charge in [0, 0.05) is 12.1 Å². The molecule has 0 aromatic heterocycles. The molecule has 0 bridgehead atoms. The highest BCUT2D eigenvalue weighted by Gasteiger charge is 2.31. The van der Waals surface area contributed by atoms with Crippen LogP contribution in [0, 0.1) is 5.92 Å². The first kappa shape index (κ1) is 14.8. The largest absolute Gasteiger partial charge is 0.493 e. The quantitative estimate of drug-likeness (QED) is 0.872. The fourth-order valence-electron chi connectivity index (χ4n) is 2.44. The second-order valence-corrected chi connectivity index (χ2v) is 5.77. The molecule has 2 fully saturated rings. The molecular formula is C16H20N2O4. The van der Waals surface area contributed by atoms with E-state index in [2.05, 4.69) is 0 Å². The number of rotatable bonds is 5. The number of ether oxygens (including phenoxy) is 2. The van der Waals surface area contributed by atoms with Crippen molar-refractivity contribution < 1.29 is 19.1 Å². The Hall–Kier alpha value is -2.08. The van der Waals surface area contributed by atoms with E-state index >= 15 is 0 Å². The summed E-state index contributed by atoms with van der Waals surface area (Å²) < 4.78 is 10.9. The zero-order chi connectivity index (χ0) is 15.5. The molecule has 1 saturated carbocycles. The Labute approximate surface area is 129 Å². The minimum absolute atomic E-state index is 0.156. The van der Waals surface area contributed by atoms with Gasteiger partial charge < -0.3 is 20.1 Å². The van der Waals surface area contributed by atoms with Gasteiger partial charge in [-0.3, -0.25) is 9.59 Å². The average Bonchev–Trinajstić information content (AvgIpc) is 3.37. The lowest BCUT2D eigenvalue weighted by Crippen LogP contribution is -2.54. The first-order chi connectivity index (χ1) is 10.6. The standard InChI is InChI=1S/C16H20N2O4/c17-15(19)14-10-21-8-7-18(14)16(20)12-3-5-13(6-4-12)22-9-11-1-2-11/h3-6,11,14H,1-2,7-10H2,(H2,17,19). The summed E-state index contributed by atoms with van der Waals surface area (Å²) in [6, 6.07) is 6.31. The Morgan fingerprint density at radius 1 is 1.27 bits per heavy atom. The van der Waals surface area contributed by atoms with Crippen molar-refractivity contribution in [2.24, 2.45) is 11.7 Å². The molecule has 1 aliphatic carbocycles. The third-order valence-corrected chi connectivity index (χ3v) is 4.00. The van der Waals surface area contributed by atoms with E-state index in [1.165, 1.54) is 17.7 Å². The second kappa shape index (κ2) is 6.36. The molecule has 1 atom stereocenters. The summed E-state index contributed by atoms with van der Waals surface area (Å²) in [5.41, 5.74) is 5.86. The van der Waals surface area contributed by atoms with Crippen LogP contribution < -0.4 is 10.5 Å². The smallest absolute Gasteiger partial charge is 0.254 e.